The Kier molecular flexibility index (Phi) is 3.23. The molecule has 106 valence electrons. The molecule has 0 N–H and O–H groups in total. The number of hydrogen-bond acceptors (Lipinski definition) is 6. The van der Waals surface area contributed by atoms with Gasteiger partial charge >= 0.3 is 0 Å². The molecule has 0 saturated carbocycles. The van der Waals surface area contributed by atoms with Crippen molar-refractivity contribution in [2.24, 2.45) is 0 Å². The second-order valence-corrected chi connectivity index (χ2v) is 4.32. The van der Waals surface area contributed by atoms with Crippen LogP contribution in [0.5, 0.6) is 17.4 Å². The van der Waals surface area contributed by atoms with Crippen LogP contribution in [0, 0.1) is 10.1 Å². The van der Waals surface area contributed by atoms with Crippen LogP contribution in [0.4, 0.5) is 5.69 Å². The average molecular weight is 285 g/mol. The normalized spacial score (nSPS) is 12.4. The summed E-state index contributed by atoms with van der Waals surface area (Å²) in [6.07, 6.45) is 2.18. The summed E-state index contributed by atoms with van der Waals surface area (Å²) in [5, 5.41) is 10.8. The first-order valence-electron chi connectivity index (χ1n) is 6.26. The van der Waals surface area contributed by atoms with E-state index >= 15 is 0 Å². The van der Waals surface area contributed by atoms with Crippen molar-refractivity contribution in [3.05, 3.63) is 52.5 Å². The number of nitro groups is 1. The van der Waals surface area contributed by atoms with E-state index in [1.54, 1.807) is 12.1 Å². The molecule has 0 atom stereocenters. The highest BCUT2D eigenvalue weighted by molar-refractivity contribution is 5.49. The molecule has 0 bridgehead atoms. The lowest BCUT2D eigenvalue weighted by atomic mass is 10.3. The molecule has 3 rings (SSSR count). The third-order valence-electron chi connectivity index (χ3n) is 2.93. The van der Waals surface area contributed by atoms with E-state index in [9.17, 15) is 10.1 Å². The molecule has 2 aromatic rings. The number of benzene rings is 1. The SMILES string of the molecule is C=Cc1nc2c(c(Oc3cccc([N+](=O)[O-])c3)n1)OCC2. The maximum Gasteiger partial charge on any atom is 0.273 e. The van der Waals surface area contributed by atoms with Crippen LogP contribution >= 0.6 is 0 Å². The standard InChI is InChI=1S/C14H11N3O4/c1-2-12-15-11-6-7-20-13(11)14(16-12)21-10-5-3-4-9(8-10)17(18)19/h2-5,8H,1,6-7H2. The molecular formula is C14H11N3O4. The molecule has 21 heavy (non-hydrogen) atoms. The minimum Gasteiger partial charge on any atom is -0.486 e. The maximum atomic E-state index is 10.8. The van der Waals surface area contributed by atoms with Gasteiger partial charge in [0, 0.05) is 12.5 Å². The quantitative estimate of drug-likeness (QED) is 0.634. The zero-order valence-corrected chi connectivity index (χ0v) is 11.0. The first kappa shape index (κ1) is 13.0. The first-order valence-corrected chi connectivity index (χ1v) is 6.26. The molecule has 1 aliphatic rings. The second-order valence-electron chi connectivity index (χ2n) is 4.32. The zero-order chi connectivity index (χ0) is 14.8. The van der Waals surface area contributed by atoms with Crippen molar-refractivity contribution >= 4 is 11.8 Å². The number of rotatable bonds is 4. The molecule has 2 heterocycles. The number of nitro benzene ring substituents is 1. The van der Waals surface area contributed by atoms with Gasteiger partial charge in [-0.3, -0.25) is 10.1 Å². The van der Waals surface area contributed by atoms with Crippen LogP contribution in [0.2, 0.25) is 0 Å². The molecule has 7 heteroatoms. The van der Waals surface area contributed by atoms with Gasteiger partial charge in [-0.25, -0.2) is 4.98 Å². The molecule has 0 amide bonds. The van der Waals surface area contributed by atoms with E-state index in [1.807, 2.05) is 0 Å². The molecule has 1 aromatic carbocycles. The number of ether oxygens (including phenoxy) is 2. The highest BCUT2D eigenvalue weighted by atomic mass is 16.6. The number of aromatic nitrogens is 2. The second kappa shape index (κ2) is 5.20. The van der Waals surface area contributed by atoms with Crippen LogP contribution < -0.4 is 9.47 Å². The minimum atomic E-state index is -0.483. The predicted molar refractivity (Wildman–Crippen MR) is 74.5 cm³/mol. The summed E-state index contributed by atoms with van der Waals surface area (Å²) in [6.45, 7) is 4.14. The Labute approximate surface area is 120 Å². The van der Waals surface area contributed by atoms with Crippen LogP contribution in [0.15, 0.2) is 30.8 Å². The van der Waals surface area contributed by atoms with Gasteiger partial charge in [0.2, 0.25) is 5.75 Å². The Balaban J connectivity index is 1.98. The third-order valence-corrected chi connectivity index (χ3v) is 2.93. The highest BCUT2D eigenvalue weighted by Gasteiger charge is 2.22. The van der Waals surface area contributed by atoms with Crippen molar-refractivity contribution in [1.29, 1.82) is 0 Å². The summed E-state index contributed by atoms with van der Waals surface area (Å²) in [4.78, 5) is 18.8. The van der Waals surface area contributed by atoms with Crippen LogP contribution in [0.1, 0.15) is 11.5 Å². The summed E-state index contributed by atoms with van der Waals surface area (Å²) in [6, 6.07) is 5.88. The summed E-state index contributed by atoms with van der Waals surface area (Å²) in [5.74, 6) is 1.47. The molecule has 0 saturated heterocycles. The Hall–Kier alpha value is -2.96. The van der Waals surface area contributed by atoms with Crippen LogP contribution in [0.3, 0.4) is 0 Å². The lowest BCUT2D eigenvalue weighted by molar-refractivity contribution is -0.384. The molecule has 7 nitrogen and oxygen atoms in total. The number of fused-ring (bicyclic) bond motifs is 1. The Morgan fingerprint density at radius 3 is 3.05 bits per heavy atom. The molecule has 0 fully saturated rings. The molecule has 1 aromatic heterocycles. The molecule has 0 radical (unpaired) electrons. The van der Waals surface area contributed by atoms with Gasteiger partial charge in [0.1, 0.15) is 5.75 Å². The third kappa shape index (κ3) is 2.53. The van der Waals surface area contributed by atoms with Crippen LogP contribution in [-0.4, -0.2) is 21.5 Å². The fourth-order valence-corrected chi connectivity index (χ4v) is 1.99. The molecule has 1 aliphatic heterocycles. The minimum absolute atomic E-state index is 0.0527. The van der Waals surface area contributed by atoms with Gasteiger partial charge in [-0.1, -0.05) is 12.6 Å². The number of non-ortho nitro benzene ring substituents is 1. The van der Waals surface area contributed by atoms with Gasteiger partial charge in [-0.2, -0.15) is 4.98 Å². The van der Waals surface area contributed by atoms with Crippen molar-refractivity contribution in [1.82, 2.24) is 9.97 Å². The van der Waals surface area contributed by atoms with Crippen molar-refractivity contribution in [2.45, 2.75) is 6.42 Å². The van der Waals surface area contributed by atoms with E-state index in [4.69, 9.17) is 9.47 Å². The first-order chi connectivity index (χ1) is 10.2. The van der Waals surface area contributed by atoms with Crippen molar-refractivity contribution in [3.63, 3.8) is 0 Å². The topological polar surface area (TPSA) is 87.4 Å². The average Bonchev–Trinajstić information content (AvgIpc) is 2.96. The Bertz CT molecular complexity index is 730. The summed E-state index contributed by atoms with van der Waals surface area (Å²) in [7, 11) is 0. The highest BCUT2D eigenvalue weighted by Crippen LogP contribution is 2.36. The number of hydrogen-bond donors (Lipinski definition) is 0. The Morgan fingerprint density at radius 1 is 1.43 bits per heavy atom. The zero-order valence-electron chi connectivity index (χ0n) is 11.0. The van der Waals surface area contributed by atoms with Crippen molar-refractivity contribution in [3.8, 4) is 17.4 Å². The van der Waals surface area contributed by atoms with E-state index in [1.165, 1.54) is 18.2 Å². The molecule has 0 unspecified atom stereocenters. The maximum absolute atomic E-state index is 10.8. The Morgan fingerprint density at radius 2 is 2.29 bits per heavy atom. The fraction of sp³-hybridized carbons (Fsp3) is 0.143. The fourth-order valence-electron chi connectivity index (χ4n) is 1.99. The van der Waals surface area contributed by atoms with E-state index in [0.717, 1.165) is 5.69 Å². The summed E-state index contributed by atoms with van der Waals surface area (Å²) < 4.78 is 11.1. The predicted octanol–water partition coefficient (Wildman–Crippen LogP) is 2.76. The molecule has 0 aliphatic carbocycles. The van der Waals surface area contributed by atoms with Crippen molar-refractivity contribution < 1.29 is 14.4 Å². The lowest BCUT2D eigenvalue weighted by Gasteiger charge is -2.09. The van der Waals surface area contributed by atoms with Crippen LogP contribution in [0.25, 0.3) is 6.08 Å². The van der Waals surface area contributed by atoms with Gasteiger partial charge in [0.05, 0.1) is 23.3 Å². The van der Waals surface area contributed by atoms with Gasteiger partial charge in [-0.05, 0) is 12.1 Å². The van der Waals surface area contributed by atoms with Crippen LogP contribution in [-0.2, 0) is 6.42 Å². The largest absolute Gasteiger partial charge is 0.486 e. The van der Waals surface area contributed by atoms with E-state index in [2.05, 4.69) is 16.5 Å². The summed E-state index contributed by atoms with van der Waals surface area (Å²) >= 11 is 0. The van der Waals surface area contributed by atoms with Gasteiger partial charge in [0.25, 0.3) is 11.6 Å². The van der Waals surface area contributed by atoms with Gasteiger partial charge < -0.3 is 9.47 Å². The lowest BCUT2D eigenvalue weighted by Crippen LogP contribution is -1.98. The monoisotopic (exact) mass is 285 g/mol. The van der Waals surface area contributed by atoms with E-state index in [-0.39, 0.29) is 11.6 Å². The van der Waals surface area contributed by atoms with E-state index in [0.29, 0.717) is 30.4 Å². The molecule has 0 spiro atoms. The summed E-state index contributed by atoms with van der Waals surface area (Å²) in [5.41, 5.74) is 0.698. The smallest absolute Gasteiger partial charge is 0.273 e. The van der Waals surface area contributed by atoms with Crippen molar-refractivity contribution in [2.75, 3.05) is 6.61 Å². The van der Waals surface area contributed by atoms with Gasteiger partial charge in [0.15, 0.2) is 5.82 Å². The van der Waals surface area contributed by atoms with Gasteiger partial charge in [-0.15, -0.1) is 0 Å². The molecular weight excluding hydrogens is 274 g/mol. The van der Waals surface area contributed by atoms with E-state index < -0.39 is 4.92 Å². The number of nitrogens with zero attached hydrogens (tertiary/aromatic N) is 3.